The fraction of sp³-hybridized carbons (Fsp3) is 0.267. The average Bonchev–Trinajstić information content (AvgIpc) is 2.76. The van der Waals surface area contributed by atoms with E-state index in [1.807, 2.05) is 12.1 Å². The van der Waals surface area contributed by atoms with Crippen LogP contribution in [0.5, 0.6) is 0 Å². The topological polar surface area (TPSA) is 22.0 Å². The lowest BCUT2D eigenvalue weighted by atomic mass is 10.1. The molecule has 17 heavy (non-hydrogen) atoms. The third-order valence-corrected chi connectivity index (χ3v) is 3.37. The summed E-state index contributed by atoms with van der Waals surface area (Å²) in [6, 6.07) is 14.5. The predicted octanol–water partition coefficient (Wildman–Crippen LogP) is 3.06. The van der Waals surface area contributed by atoms with Crippen molar-refractivity contribution >= 4 is 5.78 Å². The Morgan fingerprint density at radius 2 is 1.88 bits per heavy atom. The molecule has 0 saturated carbocycles. The number of carbonyl (C=O) groups is 1. The van der Waals surface area contributed by atoms with E-state index < -0.39 is 0 Å². The highest BCUT2D eigenvalue weighted by molar-refractivity contribution is 5.95. The van der Waals surface area contributed by atoms with Crippen LogP contribution in [0.15, 0.2) is 42.5 Å². The zero-order valence-corrected chi connectivity index (χ0v) is 9.73. The molecule has 3 rings (SSSR count). The Labute approximate surface area is 101 Å². The van der Waals surface area contributed by atoms with Crippen molar-refractivity contribution < 1.29 is 4.79 Å². The molecule has 86 valence electrons. The van der Waals surface area contributed by atoms with Gasteiger partial charge in [-0.1, -0.05) is 30.3 Å². The highest BCUT2D eigenvalue weighted by Crippen LogP contribution is 2.20. The summed E-state index contributed by atoms with van der Waals surface area (Å²) >= 11 is 0. The van der Waals surface area contributed by atoms with E-state index in [4.69, 9.17) is 0 Å². The third-order valence-electron chi connectivity index (χ3n) is 3.37. The van der Waals surface area contributed by atoms with Crippen LogP contribution in [-0.4, -0.2) is 10.4 Å². The Hall–Kier alpha value is -1.83. The Morgan fingerprint density at radius 3 is 2.71 bits per heavy atom. The maximum atomic E-state index is 11.7. The molecule has 2 nitrogen and oxygen atoms in total. The van der Waals surface area contributed by atoms with E-state index in [1.165, 1.54) is 11.3 Å². The van der Waals surface area contributed by atoms with Crippen LogP contribution in [0.3, 0.4) is 0 Å². The number of hydrogen-bond donors (Lipinski definition) is 0. The number of benzene rings is 1. The summed E-state index contributed by atoms with van der Waals surface area (Å²) in [5, 5.41) is 0. The first kappa shape index (κ1) is 10.3. The Bertz CT molecular complexity index is 539. The van der Waals surface area contributed by atoms with E-state index in [-0.39, 0.29) is 5.78 Å². The standard InChI is InChI=1S/C15H15NO/c17-15-7-4-10-16-13(8-9-14(15)16)11-12-5-2-1-3-6-12/h1-3,5-6,8-9H,4,7,10-11H2. The first-order valence-electron chi connectivity index (χ1n) is 6.10. The molecular weight excluding hydrogens is 210 g/mol. The van der Waals surface area contributed by atoms with Crippen LogP contribution in [0, 0.1) is 0 Å². The van der Waals surface area contributed by atoms with E-state index in [0.29, 0.717) is 6.42 Å². The maximum absolute atomic E-state index is 11.7. The van der Waals surface area contributed by atoms with E-state index in [1.54, 1.807) is 0 Å². The van der Waals surface area contributed by atoms with E-state index in [0.717, 1.165) is 25.1 Å². The second-order valence-electron chi connectivity index (χ2n) is 4.55. The van der Waals surface area contributed by atoms with Gasteiger partial charge in [0, 0.05) is 25.1 Å². The number of Topliss-reactive ketones (excluding diaryl/α,β-unsaturated/α-hetero) is 1. The number of hydrogen-bond acceptors (Lipinski definition) is 1. The van der Waals surface area contributed by atoms with Crippen molar-refractivity contribution in [1.82, 2.24) is 4.57 Å². The molecule has 2 heterocycles. The van der Waals surface area contributed by atoms with Crippen molar-refractivity contribution in [1.29, 1.82) is 0 Å². The number of aromatic nitrogens is 1. The molecule has 0 atom stereocenters. The highest BCUT2D eigenvalue weighted by Gasteiger charge is 2.19. The third kappa shape index (κ3) is 1.91. The summed E-state index contributed by atoms with van der Waals surface area (Å²) in [4.78, 5) is 11.7. The number of ketones is 1. The quantitative estimate of drug-likeness (QED) is 0.770. The van der Waals surface area contributed by atoms with Gasteiger partial charge in [0.15, 0.2) is 5.78 Å². The lowest BCUT2D eigenvalue weighted by molar-refractivity contribution is 0.0954. The van der Waals surface area contributed by atoms with Crippen LogP contribution < -0.4 is 0 Å². The first-order chi connectivity index (χ1) is 8.34. The Balaban J connectivity index is 1.92. The average molecular weight is 225 g/mol. The molecule has 0 spiro atoms. The van der Waals surface area contributed by atoms with Gasteiger partial charge in [0.25, 0.3) is 0 Å². The summed E-state index contributed by atoms with van der Waals surface area (Å²) in [6.07, 6.45) is 2.59. The van der Waals surface area contributed by atoms with Gasteiger partial charge in [-0.25, -0.2) is 0 Å². The summed E-state index contributed by atoms with van der Waals surface area (Å²) in [6.45, 7) is 0.982. The molecule has 0 unspecified atom stereocenters. The molecule has 0 amide bonds. The summed E-state index contributed by atoms with van der Waals surface area (Å²) < 4.78 is 2.18. The van der Waals surface area contributed by atoms with E-state index in [9.17, 15) is 4.79 Å². The Morgan fingerprint density at radius 1 is 1.06 bits per heavy atom. The number of fused-ring (bicyclic) bond motifs is 1. The fourth-order valence-corrected chi connectivity index (χ4v) is 2.50. The molecule has 0 fully saturated rings. The van der Waals surface area contributed by atoms with Crippen LogP contribution in [-0.2, 0) is 13.0 Å². The van der Waals surface area contributed by atoms with Gasteiger partial charge in [-0.2, -0.15) is 0 Å². The van der Waals surface area contributed by atoms with Gasteiger partial charge in [0.1, 0.15) is 0 Å². The van der Waals surface area contributed by atoms with Crippen molar-refractivity contribution in [3.63, 3.8) is 0 Å². The van der Waals surface area contributed by atoms with Crippen LogP contribution in [0.4, 0.5) is 0 Å². The highest BCUT2D eigenvalue weighted by atomic mass is 16.1. The molecular formula is C15H15NO. The van der Waals surface area contributed by atoms with Crippen molar-refractivity contribution in [3.05, 3.63) is 59.4 Å². The molecule has 1 aliphatic rings. The van der Waals surface area contributed by atoms with Crippen molar-refractivity contribution in [3.8, 4) is 0 Å². The molecule has 0 saturated heterocycles. The lowest BCUT2D eigenvalue weighted by Crippen LogP contribution is -2.18. The van der Waals surface area contributed by atoms with Gasteiger partial charge < -0.3 is 4.57 Å². The van der Waals surface area contributed by atoms with Crippen molar-refractivity contribution in [2.45, 2.75) is 25.8 Å². The molecule has 2 aromatic rings. The van der Waals surface area contributed by atoms with Gasteiger partial charge in [-0.05, 0) is 24.1 Å². The molecule has 0 radical (unpaired) electrons. The minimum atomic E-state index is 0.288. The largest absolute Gasteiger partial charge is 0.342 e. The Kier molecular flexibility index (Phi) is 2.56. The van der Waals surface area contributed by atoms with Gasteiger partial charge >= 0.3 is 0 Å². The van der Waals surface area contributed by atoms with Gasteiger partial charge in [-0.3, -0.25) is 4.79 Å². The number of nitrogens with zero attached hydrogens (tertiary/aromatic N) is 1. The molecule has 1 aromatic carbocycles. The molecule has 1 aromatic heterocycles. The SMILES string of the molecule is O=C1CCCn2c(Cc3ccccc3)ccc21. The zero-order valence-electron chi connectivity index (χ0n) is 9.73. The van der Waals surface area contributed by atoms with Crippen LogP contribution in [0.25, 0.3) is 0 Å². The van der Waals surface area contributed by atoms with Gasteiger partial charge in [0.05, 0.1) is 5.69 Å². The molecule has 1 aliphatic heterocycles. The molecule has 0 bridgehead atoms. The second-order valence-corrected chi connectivity index (χ2v) is 4.55. The summed E-state index contributed by atoms with van der Waals surface area (Å²) in [5.74, 6) is 0.288. The molecule has 2 heteroatoms. The zero-order chi connectivity index (χ0) is 11.7. The number of rotatable bonds is 2. The van der Waals surface area contributed by atoms with Crippen LogP contribution in [0.1, 0.15) is 34.6 Å². The predicted molar refractivity (Wildman–Crippen MR) is 67.2 cm³/mol. The van der Waals surface area contributed by atoms with Gasteiger partial charge in [-0.15, -0.1) is 0 Å². The smallest absolute Gasteiger partial charge is 0.179 e. The van der Waals surface area contributed by atoms with E-state index >= 15 is 0 Å². The minimum Gasteiger partial charge on any atom is -0.342 e. The molecule has 0 aliphatic carbocycles. The molecule has 0 N–H and O–H groups in total. The van der Waals surface area contributed by atoms with Crippen molar-refractivity contribution in [2.75, 3.05) is 0 Å². The summed E-state index contributed by atoms with van der Waals surface area (Å²) in [7, 11) is 0. The van der Waals surface area contributed by atoms with E-state index in [2.05, 4.69) is 34.9 Å². The fourth-order valence-electron chi connectivity index (χ4n) is 2.50. The minimum absolute atomic E-state index is 0.288. The lowest BCUT2D eigenvalue weighted by Gasteiger charge is -2.17. The monoisotopic (exact) mass is 225 g/mol. The van der Waals surface area contributed by atoms with Crippen molar-refractivity contribution in [2.24, 2.45) is 0 Å². The van der Waals surface area contributed by atoms with Crippen LogP contribution >= 0.6 is 0 Å². The van der Waals surface area contributed by atoms with Gasteiger partial charge in [0.2, 0.25) is 0 Å². The number of carbonyl (C=O) groups excluding carboxylic acids is 1. The van der Waals surface area contributed by atoms with Crippen LogP contribution in [0.2, 0.25) is 0 Å². The summed E-state index contributed by atoms with van der Waals surface area (Å²) in [5.41, 5.74) is 3.44. The first-order valence-corrected chi connectivity index (χ1v) is 6.10. The normalized spacial score (nSPS) is 14.7. The maximum Gasteiger partial charge on any atom is 0.179 e. The second kappa shape index (κ2) is 4.21.